The molecule has 0 heterocycles. The second-order valence-corrected chi connectivity index (χ2v) is 6.33. The molecule has 0 unspecified atom stereocenters. The molecule has 0 saturated heterocycles. The Morgan fingerprint density at radius 1 is 0.935 bits per heavy atom. The molecule has 3 rings (SSSR count). The number of carbonyl (C=O) groups excluding carboxylic acids is 2. The van der Waals surface area contributed by atoms with Crippen molar-refractivity contribution in [3.8, 4) is 17.2 Å². The molecule has 3 aromatic carbocycles. The molecular formula is C24H22N2O5. The van der Waals surface area contributed by atoms with Gasteiger partial charge in [0.1, 0.15) is 5.75 Å². The number of amides is 1. The van der Waals surface area contributed by atoms with E-state index in [0.29, 0.717) is 40.5 Å². The number of carbonyl (C=O) groups is 2. The second kappa shape index (κ2) is 10.6. The molecule has 0 aromatic heterocycles. The molecule has 0 atom stereocenters. The van der Waals surface area contributed by atoms with Crippen molar-refractivity contribution < 1.29 is 23.8 Å². The molecule has 0 bridgehead atoms. The molecule has 0 aliphatic carbocycles. The number of nitrogens with one attached hydrogen (secondary N) is 1. The van der Waals surface area contributed by atoms with E-state index in [1.54, 1.807) is 66.7 Å². The molecule has 0 fully saturated rings. The molecular weight excluding hydrogens is 396 g/mol. The molecule has 3 aromatic rings. The molecule has 0 spiro atoms. The van der Waals surface area contributed by atoms with E-state index in [-0.39, 0.29) is 5.91 Å². The molecule has 0 aliphatic rings. The fraction of sp³-hybridized carbons (Fsp3) is 0.125. The zero-order valence-electron chi connectivity index (χ0n) is 17.2. The lowest BCUT2D eigenvalue weighted by atomic mass is 10.2. The second-order valence-electron chi connectivity index (χ2n) is 6.33. The third-order valence-corrected chi connectivity index (χ3v) is 4.19. The van der Waals surface area contributed by atoms with Crippen molar-refractivity contribution in [1.82, 2.24) is 5.43 Å². The van der Waals surface area contributed by atoms with Crippen molar-refractivity contribution in [2.45, 2.75) is 6.92 Å². The number of rotatable bonds is 8. The van der Waals surface area contributed by atoms with Crippen LogP contribution in [0.1, 0.15) is 33.2 Å². The highest BCUT2D eigenvalue weighted by Gasteiger charge is 2.13. The van der Waals surface area contributed by atoms with Gasteiger partial charge in [-0.05, 0) is 61.0 Å². The van der Waals surface area contributed by atoms with Gasteiger partial charge >= 0.3 is 5.97 Å². The number of hydrogen-bond acceptors (Lipinski definition) is 6. The van der Waals surface area contributed by atoms with Crippen LogP contribution in [0.15, 0.2) is 77.9 Å². The summed E-state index contributed by atoms with van der Waals surface area (Å²) in [5.74, 6) is 0.434. The van der Waals surface area contributed by atoms with Gasteiger partial charge in [0.25, 0.3) is 5.91 Å². The van der Waals surface area contributed by atoms with Gasteiger partial charge in [0.2, 0.25) is 0 Å². The lowest BCUT2D eigenvalue weighted by molar-refractivity contribution is 0.0728. The predicted octanol–water partition coefficient (Wildman–Crippen LogP) is 4.08. The zero-order chi connectivity index (χ0) is 22.1. The topological polar surface area (TPSA) is 86.2 Å². The summed E-state index contributed by atoms with van der Waals surface area (Å²) in [5, 5.41) is 3.98. The first-order chi connectivity index (χ1) is 15.1. The average molecular weight is 418 g/mol. The van der Waals surface area contributed by atoms with Crippen LogP contribution in [0.4, 0.5) is 0 Å². The van der Waals surface area contributed by atoms with Crippen molar-refractivity contribution in [3.63, 3.8) is 0 Å². The highest BCUT2D eigenvalue weighted by molar-refractivity contribution is 5.95. The lowest BCUT2D eigenvalue weighted by Crippen LogP contribution is -2.17. The van der Waals surface area contributed by atoms with Crippen molar-refractivity contribution in [2.75, 3.05) is 13.7 Å². The minimum atomic E-state index is -0.478. The third-order valence-electron chi connectivity index (χ3n) is 4.19. The quantitative estimate of drug-likeness (QED) is 0.258. The SMILES string of the molecule is CCOc1cc(C=NNC(=O)c2cccc(OC)c2)ccc1OC(=O)c1ccccc1. The molecule has 0 radical (unpaired) electrons. The summed E-state index contributed by atoms with van der Waals surface area (Å²) in [4.78, 5) is 24.5. The maximum absolute atomic E-state index is 12.3. The van der Waals surface area contributed by atoms with E-state index in [1.807, 2.05) is 13.0 Å². The van der Waals surface area contributed by atoms with E-state index < -0.39 is 5.97 Å². The summed E-state index contributed by atoms with van der Waals surface area (Å²) < 4.78 is 16.2. The van der Waals surface area contributed by atoms with Crippen molar-refractivity contribution in [2.24, 2.45) is 5.10 Å². The number of ether oxygens (including phenoxy) is 3. The standard InChI is InChI=1S/C24H22N2O5/c1-3-30-22-14-17(12-13-21(22)31-24(28)18-8-5-4-6-9-18)16-25-26-23(27)19-10-7-11-20(15-19)29-2/h4-16H,3H2,1-2H3,(H,26,27). The van der Waals surface area contributed by atoms with E-state index in [9.17, 15) is 9.59 Å². The van der Waals surface area contributed by atoms with Crippen LogP contribution in [0.25, 0.3) is 0 Å². The van der Waals surface area contributed by atoms with Crippen LogP contribution in [0.2, 0.25) is 0 Å². The minimum absolute atomic E-state index is 0.299. The van der Waals surface area contributed by atoms with Crippen molar-refractivity contribution in [1.29, 1.82) is 0 Å². The summed E-state index contributed by atoms with van der Waals surface area (Å²) >= 11 is 0. The predicted molar refractivity (Wildman–Crippen MR) is 117 cm³/mol. The molecule has 31 heavy (non-hydrogen) atoms. The van der Waals surface area contributed by atoms with Gasteiger partial charge < -0.3 is 14.2 Å². The molecule has 0 saturated carbocycles. The van der Waals surface area contributed by atoms with E-state index in [2.05, 4.69) is 10.5 Å². The van der Waals surface area contributed by atoms with Crippen LogP contribution in [0.5, 0.6) is 17.2 Å². The number of esters is 1. The monoisotopic (exact) mass is 418 g/mol. The van der Waals surface area contributed by atoms with Gasteiger partial charge in [-0.25, -0.2) is 10.2 Å². The number of hydrazone groups is 1. The van der Waals surface area contributed by atoms with Crippen LogP contribution in [-0.2, 0) is 0 Å². The zero-order valence-corrected chi connectivity index (χ0v) is 17.2. The first kappa shape index (κ1) is 21.6. The fourth-order valence-corrected chi connectivity index (χ4v) is 2.68. The van der Waals surface area contributed by atoms with Crippen molar-refractivity contribution >= 4 is 18.1 Å². The summed E-state index contributed by atoms with van der Waals surface area (Å²) in [6.45, 7) is 2.22. The smallest absolute Gasteiger partial charge is 0.343 e. The summed E-state index contributed by atoms with van der Waals surface area (Å²) in [7, 11) is 1.53. The maximum Gasteiger partial charge on any atom is 0.343 e. The highest BCUT2D eigenvalue weighted by Crippen LogP contribution is 2.29. The number of nitrogens with zero attached hydrogens (tertiary/aromatic N) is 1. The fourth-order valence-electron chi connectivity index (χ4n) is 2.68. The van der Waals surface area contributed by atoms with Crippen LogP contribution in [0, 0.1) is 0 Å². The molecule has 7 heteroatoms. The number of benzene rings is 3. The van der Waals surface area contributed by atoms with Gasteiger partial charge in [0, 0.05) is 5.56 Å². The molecule has 0 aliphatic heterocycles. The Morgan fingerprint density at radius 2 is 1.71 bits per heavy atom. The van der Waals surface area contributed by atoms with Crippen LogP contribution >= 0.6 is 0 Å². The van der Waals surface area contributed by atoms with Gasteiger partial charge in [-0.2, -0.15) is 5.10 Å². The van der Waals surface area contributed by atoms with Gasteiger partial charge in [-0.3, -0.25) is 4.79 Å². The normalized spacial score (nSPS) is 10.5. The Balaban J connectivity index is 1.69. The Morgan fingerprint density at radius 3 is 2.45 bits per heavy atom. The van der Waals surface area contributed by atoms with E-state index >= 15 is 0 Å². The summed E-state index contributed by atoms with van der Waals surface area (Å²) in [5.41, 5.74) is 3.99. The van der Waals surface area contributed by atoms with Gasteiger partial charge in [0.15, 0.2) is 11.5 Å². The minimum Gasteiger partial charge on any atom is -0.497 e. The Kier molecular flexibility index (Phi) is 7.37. The van der Waals surface area contributed by atoms with E-state index in [0.717, 1.165) is 0 Å². The molecule has 158 valence electrons. The van der Waals surface area contributed by atoms with Crippen molar-refractivity contribution in [3.05, 3.63) is 89.5 Å². The Labute approximate surface area is 180 Å². The summed E-state index contributed by atoms with van der Waals surface area (Å²) in [6, 6.07) is 20.5. The van der Waals surface area contributed by atoms with Gasteiger partial charge in [-0.1, -0.05) is 24.3 Å². The third kappa shape index (κ3) is 5.93. The number of methoxy groups -OCH3 is 1. The number of hydrogen-bond donors (Lipinski definition) is 1. The average Bonchev–Trinajstić information content (AvgIpc) is 2.81. The first-order valence-electron chi connectivity index (χ1n) is 9.62. The largest absolute Gasteiger partial charge is 0.497 e. The Hall–Kier alpha value is -4.13. The Bertz CT molecular complexity index is 1080. The van der Waals surface area contributed by atoms with Gasteiger partial charge in [0.05, 0.1) is 25.5 Å². The molecule has 7 nitrogen and oxygen atoms in total. The van der Waals surface area contributed by atoms with Crippen LogP contribution in [0.3, 0.4) is 0 Å². The van der Waals surface area contributed by atoms with Gasteiger partial charge in [-0.15, -0.1) is 0 Å². The lowest BCUT2D eigenvalue weighted by Gasteiger charge is -2.11. The molecule has 1 amide bonds. The maximum atomic E-state index is 12.3. The van der Waals surface area contributed by atoms with Crippen LogP contribution in [-0.4, -0.2) is 31.8 Å². The van der Waals surface area contributed by atoms with Crippen LogP contribution < -0.4 is 19.6 Å². The van der Waals surface area contributed by atoms with E-state index in [1.165, 1.54) is 13.3 Å². The highest BCUT2D eigenvalue weighted by atomic mass is 16.6. The molecule has 1 N–H and O–H groups in total. The first-order valence-corrected chi connectivity index (χ1v) is 9.62. The summed E-state index contributed by atoms with van der Waals surface area (Å²) in [6.07, 6.45) is 1.48. The van der Waals surface area contributed by atoms with E-state index in [4.69, 9.17) is 14.2 Å².